The Morgan fingerprint density at radius 1 is 1.22 bits per heavy atom. The minimum atomic E-state index is 0.583. The van der Waals surface area contributed by atoms with Crippen molar-refractivity contribution in [1.82, 2.24) is 15.5 Å². The zero-order valence-electron chi connectivity index (χ0n) is 14.9. The Balaban J connectivity index is 1.84. The molecule has 0 amide bonds. The monoisotopic (exact) mass is 316 g/mol. The molecule has 1 saturated carbocycles. The summed E-state index contributed by atoms with van der Waals surface area (Å²) in [5.41, 5.74) is 2.67. The molecule has 1 aromatic carbocycles. The van der Waals surface area contributed by atoms with Crippen LogP contribution < -0.4 is 10.6 Å². The number of aliphatic imine (C=N–C) groups is 1. The minimum Gasteiger partial charge on any atom is -0.354 e. The molecule has 2 N–H and O–H groups in total. The fraction of sp³-hybridized carbons (Fsp3) is 0.632. The van der Waals surface area contributed by atoms with Crippen LogP contribution in [0.2, 0.25) is 0 Å². The Morgan fingerprint density at radius 2 is 1.96 bits per heavy atom. The van der Waals surface area contributed by atoms with Crippen molar-refractivity contribution in [3.8, 4) is 0 Å². The molecule has 2 rings (SSSR count). The number of nitrogens with zero attached hydrogens (tertiary/aromatic N) is 2. The molecule has 0 atom stereocenters. The molecule has 0 unspecified atom stereocenters. The molecule has 0 aromatic heterocycles. The van der Waals surface area contributed by atoms with Gasteiger partial charge in [0.05, 0.1) is 0 Å². The summed E-state index contributed by atoms with van der Waals surface area (Å²) < 4.78 is 0. The number of benzene rings is 1. The van der Waals surface area contributed by atoms with Gasteiger partial charge >= 0.3 is 0 Å². The van der Waals surface area contributed by atoms with Gasteiger partial charge in [-0.15, -0.1) is 0 Å². The topological polar surface area (TPSA) is 39.7 Å². The molecule has 0 aliphatic heterocycles. The Hall–Kier alpha value is -1.55. The van der Waals surface area contributed by atoms with Crippen LogP contribution in [0.4, 0.5) is 0 Å². The van der Waals surface area contributed by atoms with E-state index in [2.05, 4.69) is 58.8 Å². The van der Waals surface area contributed by atoms with E-state index in [1.807, 2.05) is 7.05 Å². The van der Waals surface area contributed by atoms with Crippen LogP contribution in [0.15, 0.2) is 29.3 Å². The van der Waals surface area contributed by atoms with Gasteiger partial charge in [-0.25, -0.2) is 0 Å². The zero-order chi connectivity index (χ0) is 16.5. The van der Waals surface area contributed by atoms with Crippen molar-refractivity contribution in [3.05, 3.63) is 35.4 Å². The lowest BCUT2D eigenvalue weighted by Crippen LogP contribution is -2.43. The van der Waals surface area contributed by atoms with E-state index in [1.54, 1.807) is 0 Å². The normalized spacial score (nSPS) is 16.6. The predicted molar refractivity (Wildman–Crippen MR) is 98.7 cm³/mol. The van der Waals surface area contributed by atoms with E-state index in [1.165, 1.54) is 43.2 Å². The van der Waals surface area contributed by atoms with Crippen LogP contribution in [0, 0.1) is 0 Å². The average molecular weight is 316 g/mol. The minimum absolute atomic E-state index is 0.583. The van der Waals surface area contributed by atoms with Crippen LogP contribution in [0.5, 0.6) is 0 Å². The highest BCUT2D eigenvalue weighted by molar-refractivity contribution is 5.79. The molecule has 1 aliphatic carbocycles. The Kier molecular flexibility index (Phi) is 7.40. The lowest BCUT2D eigenvalue weighted by Gasteiger charge is -2.25. The first-order chi connectivity index (χ1) is 11.2. The number of rotatable bonds is 6. The van der Waals surface area contributed by atoms with Crippen LogP contribution in [0.1, 0.15) is 50.2 Å². The van der Waals surface area contributed by atoms with Crippen LogP contribution in [0.25, 0.3) is 0 Å². The van der Waals surface area contributed by atoms with E-state index in [0.717, 1.165) is 25.6 Å². The Bertz CT molecular complexity index is 492. The number of hydrogen-bond acceptors (Lipinski definition) is 2. The van der Waals surface area contributed by atoms with Crippen molar-refractivity contribution >= 4 is 5.96 Å². The van der Waals surface area contributed by atoms with E-state index in [0.29, 0.717) is 6.04 Å². The lowest BCUT2D eigenvalue weighted by atomic mass is 9.96. The summed E-state index contributed by atoms with van der Waals surface area (Å²) in [5, 5.41) is 7.02. The zero-order valence-corrected chi connectivity index (χ0v) is 14.9. The first kappa shape index (κ1) is 17.8. The van der Waals surface area contributed by atoms with Gasteiger partial charge < -0.3 is 15.5 Å². The molecule has 128 valence electrons. The maximum Gasteiger partial charge on any atom is 0.191 e. The SMILES string of the molecule is CCN(C)Cc1cccc(CNC(=NC)NC2CCCCC2)c1. The first-order valence-electron chi connectivity index (χ1n) is 8.94. The number of nitrogens with one attached hydrogen (secondary N) is 2. The van der Waals surface area contributed by atoms with Crippen LogP contribution in [-0.2, 0) is 13.1 Å². The first-order valence-corrected chi connectivity index (χ1v) is 8.94. The maximum absolute atomic E-state index is 4.37. The molecule has 4 nitrogen and oxygen atoms in total. The van der Waals surface area contributed by atoms with Crippen molar-refractivity contribution in [2.75, 3.05) is 20.6 Å². The van der Waals surface area contributed by atoms with E-state index in [4.69, 9.17) is 0 Å². The highest BCUT2D eigenvalue weighted by atomic mass is 15.2. The second-order valence-electron chi connectivity index (χ2n) is 6.56. The van der Waals surface area contributed by atoms with Crippen LogP contribution in [-0.4, -0.2) is 37.5 Å². The summed E-state index contributed by atoms with van der Waals surface area (Å²) in [6.45, 7) is 5.07. The van der Waals surface area contributed by atoms with Crippen molar-refractivity contribution in [2.45, 2.75) is 58.2 Å². The standard InChI is InChI=1S/C19H32N4/c1-4-23(3)15-17-10-8-9-16(13-17)14-21-19(20-2)22-18-11-6-5-7-12-18/h8-10,13,18H,4-7,11-12,14-15H2,1-3H3,(H2,20,21,22). The van der Waals surface area contributed by atoms with Crippen LogP contribution in [0.3, 0.4) is 0 Å². The van der Waals surface area contributed by atoms with E-state index < -0.39 is 0 Å². The second-order valence-corrected chi connectivity index (χ2v) is 6.56. The average Bonchev–Trinajstić information content (AvgIpc) is 2.59. The molecule has 1 fully saturated rings. The van der Waals surface area contributed by atoms with Crippen molar-refractivity contribution in [2.24, 2.45) is 4.99 Å². The summed E-state index contributed by atoms with van der Waals surface area (Å²) >= 11 is 0. The van der Waals surface area contributed by atoms with Crippen molar-refractivity contribution < 1.29 is 0 Å². The van der Waals surface area contributed by atoms with E-state index >= 15 is 0 Å². The third kappa shape index (κ3) is 6.22. The van der Waals surface area contributed by atoms with Crippen LogP contribution >= 0.6 is 0 Å². The van der Waals surface area contributed by atoms with Gasteiger partial charge in [0.2, 0.25) is 0 Å². The molecule has 0 spiro atoms. The predicted octanol–water partition coefficient (Wildman–Crippen LogP) is 3.14. The van der Waals surface area contributed by atoms with Gasteiger partial charge in [0.15, 0.2) is 5.96 Å². The van der Waals surface area contributed by atoms with Gasteiger partial charge in [-0.05, 0) is 37.6 Å². The maximum atomic E-state index is 4.37. The summed E-state index contributed by atoms with van der Waals surface area (Å²) in [6.07, 6.45) is 6.57. The number of guanidine groups is 1. The highest BCUT2D eigenvalue weighted by Crippen LogP contribution is 2.17. The Labute approximate surface area is 141 Å². The number of hydrogen-bond donors (Lipinski definition) is 2. The smallest absolute Gasteiger partial charge is 0.191 e. The fourth-order valence-corrected chi connectivity index (χ4v) is 3.08. The van der Waals surface area contributed by atoms with Crippen molar-refractivity contribution in [1.29, 1.82) is 0 Å². The molecule has 0 bridgehead atoms. The van der Waals surface area contributed by atoms with E-state index in [9.17, 15) is 0 Å². The summed E-state index contributed by atoms with van der Waals surface area (Å²) in [6, 6.07) is 9.39. The van der Waals surface area contributed by atoms with Gasteiger partial charge in [-0.1, -0.05) is 50.5 Å². The Morgan fingerprint density at radius 3 is 2.65 bits per heavy atom. The molecule has 23 heavy (non-hydrogen) atoms. The molecular weight excluding hydrogens is 284 g/mol. The molecule has 1 aliphatic rings. The molecule has 0 heterocycles. The second kappa shape index (κ2) is 9.56. The highest BCUT2D eigenvalue weighted by Gasteiger charge is 2.14. The fourth-order valence-electron chi connectivity index (χ4n) is 3.08. The van der Waals surface area contributed by atoms with Gasteiger partial charge in [0, 0.05) is 26.2 Å². The third-order valence-electron chi connectivity index (χ3n) is 4.61. The third-order valence-corrected chi connectivity index (χ3v) is 4.61. The van der Waals surface area contributed by atoms with Crippen molar-refractivity contribution in [3.63, 3.8) is 0 Å². The molecule has 0 radical (unpaired) electrons. The largest absolute Gasteiger partial charge is 0.354 e. The summed E-state index contributed by atoms with van der Waals surface area (Å²) in [5.74, 6) is 0.924. The van der Waals surface area contributed by atoms with Gasteiger partial charge in [0.1, 0.15) is 0 Å². The molecule has 1 aromatic rings. The molecular formula is C19H32N4. The van der Waals surface area contributed by atoms with Gasteiger partial charge in [-0.2, -0.15) is 0 Å². The lowest BCUT2D eigenvalue weighted by molar-refractivity contribution is 0.345. The van der Waals surface area contributed by atoms with E-state index in [-0.39, 0.29) is 0 Å². The van der Waals surface area contributed by atoms with Gasteiger partial charge in [-0.3, -0.25) is 4.99 Å². The molecule has 0 saturated heterocycles. The summed E-state index contributed by atoms with van der Waals surface area (Å²) in [4.78, 5) is 6.68. The quantitative estimate of drug-likeness (QED) is 0.626. The molecule has 4 heteroatoms. The van der Waals surface area contributed by atoms with Gasteiger partial charge in [0.25, 0.3) is 0 Å². The summed E-state index contributed by atoms with van der Waals surface area (Å²) in [7, 11) is 4.01.